The highest BCUT2D eigenvalue weighted by Gasteiger charge is 2.44. The zero-order chi connectivity index (χ0) is 15.0. The van der Waals surface area contributed by atoms with E-state index in [4.69, 9.17) is 17.3 Å². The van der Waals surface area contributed by atoms with E-state index in [1.165, 1.54) is 0 Å². The van der Waals surface area contributed by atoms with Crippen molar-refractivity contribution in [2.45, 2.75) is 46.1 Å². The number of rotatable bonds is 2. The van der Waals surface area contributed by atoms with Gasteiger partial charge in [-0.15, -0.1) is 0 Å². The molecule has 0 radical (unpaired) electrons. The fraction of sp³-hybridized carbons (Fsp3) is 0.562. The lowest BCUT2D eigenvalue weighted by Gasteiger charge is -2.44. The van der Waals surface area contributed by atoms with Gasteiger partial charge in [-0.2, -0.15) is 0 Å². The van der Waals surface area contributed by atoms with Crippen molar-refractivity contribution < 1.29 is 4.79 Å². The fourth-order valence-corrected chi connectivity index (χ4v) is 3.77. The number of hydrogen-bond acceptors (Lipinski definition) is 2. The highest BCUT2D eigenvalue weighted by Crippen LogP contribution is 2.46. The van der Waals surface area contributed by atoms with E-state index in [-0.39, 0.29) is 17.4 Å². The summed E-state index contributed by atoms with van der Waals surface area (Å²) in [6.07, 6.45) is 2.54. The van der Waals surface area contributed by atoms with Gasteiger partial charge in [-0.1, -0.05) is 38.4 Å². The summed E-state index contributed by atoms with van der Waals surface area (Å²) in [5.74, 6) is 0.0305. The van der Waals surface area contributed by atoms with Crippen LogP contribution < -0.4 is 11.1 Å². The first-order valence-electron chi connectivity index (χ1n) is 7.03. The lowest BCUT2D eigenvalue weighted by Crippen LogP contribution is -2.47. The number of carbonyl (C=O) groups is 1. The number of benzene rings is 1. The first kappa shape index (κ1) is 15.3. The fourth-order valence-electron chi connectivity index (χ4n) is 3.58. The van der Waals surface area contributed by atoms with Crippen LogP contribution in [0.5, 0.6) is 0 Å². The molecule has 0 saturated heterocycles. The number of carbonyl (C=O) groups excluding carboxylic acids is 1. The molecule has 0 bridgehead atoms. The van der Waals surface area contributed by atoms with Gasteiger partial charge in [-0.05, 0) is 42.9 Å². The summed E-state index contributed by atoms with van der Waals surface area (Å²) in [5.41, 5.74) is 6.55. The largest absolute Gasteiger partial charge is 0.328 e. The minimum absolute atomic E-state index is 0.0305. The Kier molecular flexibility index (Phi) is 4.12. The summed E-state index contributed by atoms with van der Waals surface area (Å²) in [6, 6.07) is 7.31. The molecule has 1 aromatic carbocycles. The minimum atomic E-state index is -0.427. The van der Waals surface area contributed by atoms with Gasteiger partial charge in [0.1, 0.15) is 0 Å². The molecule has 1 aromatic rings. The lowest BCUT2D eigenvalue weighted by atomic mass is 9.62. The van der Waals surface area contributed by atoms with Gasteiger partial charge in [0.05, 0.1) is 0 Å². The van der Waals surface area contributed by atoms with Crippen LogP contribution in [0.4, 0.5) is 5.69 Å². The molecule has 110 valence electrons. The van der Waals surface area contributed by atoms with Crippen LogP contribution in [0.2, 0.25) is 5.02 Å². The van der Waals surface area contributed by atoms with Gasteiger partial charge < -0.3 is 11.1 Å². The standard InChI is InChI=1S/C16H23ClN2O/c1-15(2)8-12(18)9-16(3,10-15)14(20)19-13-6-4-5-11(17)7-13/h4-7,12H,8-10,18H2,1-3H3,(H,19,20). The molecule has 2 rings (SSSR count). The molecule has 0 heterocycles. The van der Waals surface area contributed by atoms with E-state index in [0.717, 1.165) is 24.9 Å². The van der Waals surface area contributed by atoms with E-state index in [0.29, 0.717) is 5.02 Å². The Labute approximate surface area is 125 Å². The van der Waals surface area contributed by atoms with Crippen molar-refractivity contribution >= 4 is 23.2 Å². The molecule has 0 spiro atoms. The third kappa shape index (κ3) is 3.53. The van der Waals surface area contributed by atoms with Crippen LogP contribution in [0.25, 0.3) is 0 Å². The lowest BCUT2D eigenvalue weighted by molar-refractivity contribution is -0.129. The zero-order valence-corrected chi connectivity index (χ0v) is 13.1. The quantitative estimate of drug-likeness (QED) is 0.871. The molecule has 3 nitrogen and oxygen atoms in total. The predicted molar refractivity (Wildman–Crippen MR) is 83.8 cm³/mol. The van der Waals surface area contributed by atoms with Gasteiger partial charge in [0.25, 0.3) is 0 Å². The van der Waals surface area contributed by atoms with Crippen LogP contribution in [-0.4, -0.2) is 11.9 Å². The van der Waals surface area contributed by atoms with Gasteiger partial charge in [-0.25, -0.2) is 0 Å². The topological polar surface area (TPSA) is 55.1 Å². The van der Waals surface area contributed by atoms with E-state index in [9.17, 15) is 4.79 Å². The van der Waals surface area contributed by atoms with E-state index in [1.807, 2.05) is 19.1 Å². The van der Waals surface area contributed by atoms with Gasteiger partial charge in [0, 0.05) is 22.2 Å². The molecule has 2 unspecified atom stereocenters. The second-order valence-corrected chi connectivity index (χ2v) is 7.47. The minimum Gasteiger partial charge on any atom is -0.328 e. The van der Waals surface area contributed by atoms with E-state index < -0.39 is 5.41 Å². The summed E-state index contributed by atoms with van der Waals surface area (Å²) in [6.45, 7) is 6.36. The summed E-state index contributed by atoms with van der Waals surface area (Å²) >= 11 is 5.95. The van der Waals surface area contributed by atoms with Gasteiger partial charge in [0.2, 0.25) is 5.91 Å². The average molecular weight is 295 g/mol. The van der Waals surface area contributed by atoms with Gasteiger partial charge in [-0.3, -0.25) is 4.79 Å². The third-order valence-electron chi connectivity index (χ3n) is 4.03. The number of halogens is 1. The Morgan fingerprint density at radius 1 is 1.35 bits per heavy atom. The highest BCUT2D eigenvalue weighted by atomic mass is 35.5. The Morgan fingerprint density at radius 3 is 2.65 bits per heavy atom. The molecular formula is C16H23ClN2O. The molecule has 1 saturated carbocycles. The highest BCUT2D eigenvalue weighted by molar-refractivity contribution is 6.30. The van der Waals surface area contributed by atoms with Crippen LogP contribution in [-0.2, 0) is 4.79 Å². The van der Waals surface area contributed by atoms with Gasteiger partial charge >= 0.3 is 0 Å². The number of nitrogens with one attached hydrogen (secondary N) is 1. The summed E-state index contributed by atoms with van der Waals surface area (Å²) in [5, 5.41) is 3.59. The van der Waals surface area contributed by atoms with Crippen molar-refractivity contribution in [2.24, 2.45) is 16.6 Å². The SMILES string of the molecule is CC1(C)CC(N)CC(C)(C(=O)Nc2cccc(Cl)c2)C1. The second kappa shape index (κ2) is 5.38. The number of hydrogen-bond donors (Lipinski definition) is 2. The molecule has 0 aromatic heterocycles. The maximum atomic E-state index is 12.6. The molecule has 1 aliphatic rings. The smallest absolute Gasteiger partial charge is 0.230 e. The van der Waals surface area contributed by atoms with Crippen LogP contribution in [0.3, 0.4) is 0 Å². The molecule has 3 N–H and O–H groups in total. The average Bonchev–Trinajstić information content (AvgIpc) is 2.25. The first-order chi connectivity index (χ1) is 9.20. The van der Waals surface area contributed by atoms with Crippen molar-refractivity contribution in [3.63, 3.8) is 0 Å². The summed E-state index contributed by atoms with van der Waals surface area (Å²) in [4.78, 5) is 12.6. The Bertz CT molecular complexity index is 515. The van der Waals surface area contributed by atoms with Crippen molar-refractivity contribution in [2.75, 3.05) is 5.32 Å². The van der Waals surface area contributed by atoms with Crippen LogP contribution in [0, 0.1) is 10.8 Å². The maximum Gasteiger partial charge on any atom is 0.230 e. The van der Waals surface area contributed by atoms with E-state index >= 15 is 0 Å². The third-order valence-corrected chi connectivity index (χ3v) is 4.26. The summed E-state index contributed by atoms with van der Waals surface area (Å²) in [7, 11) is 0. The number of anilines is 1. The monoisotopic (exact) mass is 294 g/mol. The molecule has 0 aliphatic heterocycles. The van der Waals surface area contributed by atoms with E-state index in [1.54, 1.807) is 12.1 Å². The molecular weight excluding hydrogens is 272 g/mol. The van der Waals surface area contributed by atoms with Gasteiger partial charge in [0.15, 0.2) is 0 Å². The van der Waals surface area contributed by atoms with Crippen molar-refractivity contribution in [3.05, 3.63) is 29.3 Å². The van der Waals surface area contributed by atoms with Crippen LogP contribution in [0.15, 0.2) is 24.3 Å². The first-order valence-corrected chi connectivity index (χ1v) is 7.41. The maximum absolute atomic E-state index is 12.6. The summed E-state index contributed by atoms with van der Waals surface area (Å²) < 4.78 is 0. The van der Waals surface area contributed by atoms with Crippen LogP contribution >= 0.6 is 11.6 Å². The Morgan fingerprint density at radius 2 is 2.05 bits per heavy atom. The predicted octanol–water partition coefficient (Wildman–Crippen LogP) is 3.82. The number of nitrogens with two attached hydrogens (primary N) is 1. The molecule has 1 aliphatic carbocycles. The van der Waals surface area contributed by atoms with Crippen molar-refractivity contribution in [3.8, 4) is 0 Å². The molecule has 1 fully saturated rings. The van der Waals surface area contributed by atoms with E-state index in [2.05, 4.69) is 19.2 Å². The van der Waals surface area contributed by atoms with Crippen molar-refractivity contribution in [1.82, 2.24) is 0 Å². The normalized spacial score (nSPS) is 28.9. The second-order valence-electron chi connectivity index (χ2n) is 7.03. The van der Waals surface area contributed by atoms with Crippen LogP contribution in [0.1, 0.15) is 40.0 Å². The molecule has 20 heavy (non-hydrogen) atoms. The molecule has 4 heteroatoms. The molecule has 1 amide bonds. The Hall–Kier alpha value is -1.06. The zero-order valence-electron chi connectivity index (χ0n) is 12.4. The number of amides is 1. The van der Waals surface area contributed by atoms with Crippen molar-refractivity contribution in [1.29, 1.82) is 0 Å². The molecule has 2 atom stereocenters. The Balaban J connectivity index is 2.15.